The van der Waals surface area contributed by atoms with Crippen LogP contribution in [0.3, 0.4) is 0 Å². The average Bonchev–Trinajstić information content (AvgIpc) is 3.48. The van der Waals surface area contributed by atoms with Crippen LogP contribution in [0.2, 0.25) is 0 Å². The number of rotatable bonds is 7. The van der Waals surface area contributed by atoms with Crippen molar-refractivity contribution in [2.75, 3.05) is 21.3 Å². The Hall–Kier alpha value is -3.94. The zero-order chi connectivity index (χ0) is 28.4. The average molecular weight is 546 g/mol. The van der Waals surface area contributed by atoms with Crippen molar-refractivity contribution in [2.24, 2.45) is 10.9 Å². The van der Waals surface area contributed by atoms with Crippen LogP contribution in [0.4, 0.5) is 0 Å². The molecule has 5 rings (SSSR count). The second kappa shape index (κ2) is 11.7. The first-order valence-electron chi connectivity index (χ1n) is 13.8. The van der Waals surface area contributed by atoms with Gasteiger partial charge in [-0.1, -0.05) is 18.2 Å². The summed E-state index contributed by atoms with van der Waals surface area (Å²) in [4.78, 5) is 44.5. The SMILES string of the molecule is COC(=O)c1ccc([C@H]2C3=C(C[C@H](c4ccc(OC)c(OC)c4)CC3=O)N=C(C)C2C(=O)OC2CCCC2)cc1. The molecule has 2 aromatic rings. The molecule has 1 unspecified atom stereocenters. The maximum Gasteiger partial charge on any atom is 0.337 e. The largest absolute Gasteiger partial charge is 0.493 e. The number of Topliss-reactive ketones (excluding diaryl/α,β-unsaturated/α-hetero) is 1. The van der Waals surface area contributed by atoms with Crippen molar-refractivity contribution in [1.29, 1.82) is 0 Å². The van der Waals surface area contributed by atoms with Gasteiger partial charge in [-0.2, -0.15) is 0 Å². The van der Waals surface area contributed by atoms with Crippen molar-refractivity contribution in [3.05, 3.63) is 70.4 Å². The van der Waals surface area contributed by atoms with E-state index in [4.69, 9.17) is 23.9 Å². The van der Waals surface area contributed by atoms with E-state index in [1.807, 2.05) is 25.1 Å². The molecule has 1 saturated carbocycles. The first-order valence-corrected chi connectivity index (χ1v) is 13.8. The van der Waals surface area contributed by atoms with Crippen molar-refractivity contribution >= 4 is 23.4 Å². The number of hydrogen-bond donors (Lipinski definition) is 0. The van der Waals surface area contributed by atoms with Crippen LogP contribution in [0.1, 0.15) is 78.8 Å². The van der Waals surface area contributed by atoms with Gasteiger partial charge >= 0.3 is 11.9 Å². The van der Waals surface area contributed by atoms with E-state index in [0.29, 0.717) is 40.5 Å². The molecule has 1 fully saturated rings. The number of esters is 2. The van der Waals surface area contributed by atoms with E-state index in [2.05, 4.69) is 0 Å². The van der Waals surface area contributed by atoms with Crippen molar-refractivity contribution in [1.82, 2.24) is 0 Å². The molecule has 3 atom stereocenters. The van der Waals surface area contributed by atoms with Crippen molar-refractivity contribution < 1.29 is 33.3 Å². The van der Waals surface area contributed by atoms with Gasteiger partial charge in [-0.25, -0.2) is 4.79 Å². The number of aliphatic imine (C=N–C) groups is 1. The minimum Gasteiger partial charge on any atom is -0.493 e. The Morgan fingerprint density at radius 3 is 2.20 bits per heavy atom. The third-order valence-corrected chi connectivity index (χ3v) is 8.30. The van der Waals surface area contributed by atoms with Gasteiger partial charge in [-0.3, -0.25) is 14.6 Å². The highest BCUT2D eigenvalue weighted by atomic mass is 16.5. The molecule has 1 aliphatic heterocycles. The van der Waals surface area contributed by atoms with Gasteiger partial charge in [0.25, 0.3) is 0 Å². The number of allylic oxidation sites excluding steroid dienone is 2. The highest BCUT2D eigenvalue weighted by molar-refractivity contribution is 6.09. The summed E-state index contributed by atoms with van der Waals surface area (Å²) >= 11 is 0. The van der Waals surface area contributed by atoms with Gasteiger partial charge < -0.3 is 18.9 Å². The second-order valence-electron chi connectivity index (χ2n) is 10.7. The monoisotopic (exact) mass is 545 g/mol. The first-order chi connectivity index (χ1) is 19.3. The summed E-state index contributed by atoms with van der Waals surface area (Å²) in [6, 6.07) is 12.6. The van der Waals surface area contributed by atoms with Crippen LogP contribution >= 0.6 is 0 Å². The van der Waals surface area contributed by atoms with E-state index < -0.39 is 17.8 Å². The number of ether oxygens (including phenoxy) is 4. The summed E-state index contributed by atoms with van der Waals surface area (Å²) in [5.41, 5.74) is 4.01. The van der Waals surface area contributed by atoms with Gasteiger partial charge in [-0.15, -0.1) is 0 Å². The third-order valence-electron chi connectivity index (χ3n) is 8.30. The van der Waals surface area contributed by atoms with Crippen LogP contribution in [-0.4, -0.2) is 50.9 Å². The Labute approximate surface area is 234 Å². The predicted molar refractivity (Wildman–Crippen MR) is 149 cm³/mol. The summed E-state index contributed by atoms with van der Waals surface area (Å²) in [5, 5.41) is 0. The van der Waals surface area contributed by atoms with Crippen LogP contribution in [0.25, 0.3) is 0 Å². The van der Waals surface area contributed by atoms with E-state index >= 15 is 0 Å². The number of nitrogens with zero attached hydrogens (tertiary/aromatic N) is 1. The van der Waals surface area contributed by atoms with Crippen molar-refractivity contribution in [2.45, 2.75) is 63.4 Å². The molecule has 0 saturated heterocycles. The zero-order valence-corrected chi connectivity index (χ0v) is 23.4. The molecule has 210 valence electrons. The predicted octanol–water partition coefficient (Wildman–Crippen LogP) is 5.55. The highest BCUT2D eigenvalue weighted by Crippen LogP contribution is 2.47. The fourth-order valence-electron chi connectivity index (χ4n) is 6.26. The van der Waals surface area contributed by atoms with Gasteiger partial charge in [-0.05, 0) is 80.3 Å². The molecule has 8 heteroatoms. The van der Waals surface area contributed by atoms with Crippen molar-refractivity contribution in [3.8, 4) is 11.5 Å². The molecule has 0 spiro atoms. The Morgan fingerprint density at radius 1 is 0.875 bits per heavy atom. The summed E-state index contributed by atoms with van der Waals surface area (Å²) in [5.74, 6) is -0.970. The molecule has 0 aromatic heterocycles. The lowest BCUT2D eigenvalue weighted by Gasteiger charge is -2.37. The Bertz CT molecular complexity index is 1370. The highest BCUT2D eigenvalue weighted by Gasteiger charge is 2.45. The molecule has 1 heterocycles. The van der Waals surface area contributed by atoms with Crippen molar-refractivity contribution in [3.63, 3.8) is 0 Å². The molecule has 0 radical (unpaired) electrons. The topological polar surface area (TPSA) is 100 Å². The van der Waals surface area contributed by atoms with Gasteiger partial charge in [0.05, 0.1) is 26.9 Å². The van der Waals surface area contributed by atoms with Crippen LogP contribution in [0.5, 0.6) is 11.5 Å². The van der Waals surface area contributed by atoms with Gasteiger partial charge in [0.1, 0.15) is 12.0 Å². The lowest BCUT2D eigenvalue weighted by atomic mass is 9.69. The van der Waals surface area contributed by atoms with Crippen LogP contribution < -0.4 is 9.47 Å². The van der Waals surface area contributed by atoms with Gasteiger partial charge in [0, 0.05) is 29.3 Å². The summed E-state index contributed by atoms with van der Waals surface area (Å²) in [6.07, 6.45) is 4.52. The maximum atomic E-state index is 13.9. The summed E-state index contributed by atoms with van der Waals surface area (Å²) < 4.78 is 21.7. The molecule has 0 N–H and O–H groups in total. The third kappa shape index (κ3) is 5.27. The zero-order valence-electron chi connectivity index (χ0n) is 23.4. The van der Waals surface area contributed by atoms with Crippen LogP contribution in [0, 0.1) is 5.92 Å². The molecule has 2 aromatic carbocycles. The molecule has 2 aliphatic carbocycles. The minimum atomic E-state index is -0.718. The van der Waals surface area contributed by atoms with Gasteiger partial charge in [0.15, 0.2) is 17.3 Å². The van der Waals surface area contributed by atoms with E-state index in [1.165, 1.54) is 7.11 Å². The fraction of sp³-hybridized carbons (Fsp3) is 0.438. The quantitative estimate of drug-likeness (QED) is 0.421. The molecular weight excluding hydrogens is 510 g/mol. The maximum absolute atomic E-state index is 13.9. The molecule has 40 heavy (non-hydrogen) atoms. The summed E-state index contributed by atoms with van der Waals surface area (Å²) in [6.45, 7) is 1.84. The first kappa shape index (κ1) is 27.6. The standard InChI is InChI=1S/C32H35NO7/c1-18-28(32(36)40-23-7-5-6-8-23)29(19-9-11-20(12-10-19)31(35)39-4)30-24(33-18)15-22(16-25(30)34)21-13-14-26(37-2)27(17-21)38-3/h9-14,17,22-23,28-29H,5-8,15-16H2,1-4H3/t22-,28?,29+/m0/s1. The number of ketones is 1. The van der Waals surface area contributed by atoms with E-state index in [-0.39, 0.29) is 30.2 Å². The Kier molecular flexibility index (Phi) is 8.05. The lowest BCUT2D eigenvalue weighted by Crippen LogP contribution is -2.39. The van der Waals surface area contributed by atoms with E-state index in [0.717, 1.165) is 36.8 Å². The molecule has 0 bridgehead atoms. The van der Waals surface area contributed by atoms with E-state index in [1.54, 1.807) is 38.5 Å². The fourth-order valence-corrected chi connectivity index (χ4v) is 6.26. The molecule has 8 nitrogen and oxygen atoms in total. The minimum absolute atomic E-state index is 0.0435. The number of carbonyl (C=O) groups excluding carboxylic acids is 3. The van der Waals surface area contributed by atoms with Gasteiger partial charge in [0.2, 0.25) is 0 Å². The molecular formula is C32H35NO7. The summed E-state index contributed by atoms with van der Waals surface area (Å²) in [7, 11) is 4.51. The van der Waals surface area contributed by atoms with Crippen LogP contribution in [-0.2, 0) is 19.1 Å². The smallest absolute Gasteiger partial charge is 0.337 e. The number of methoxy groups -OCH3 is 3. The number of benzene rings is 2. The Balaban J connectivity index is 1.53. The second-order valence-corrected chi connectivity index (χ2v) is 10.7. The molecule has 0 amide bonds. The van der Waals surface area contributed by atoms with Crippen LogP contribution in [0.15, 0.2) is 58.7 Å². The number of hydrogen-bond acceptors (Lipinski definition) is 8. The van der Waals surface area contributed by atoms with E-state index in [9.17, 15) is 14.4 Å². The molecule has 3 aliphatic rings. The number of carbonyl (C=O) groups is 3. The lowest BCUT2D eigenvalue weighted by molar-refractivity contribution is -0.151. The Morgan fingerprint density at radius 2 is 1.55 bits per heavy atom. The normalized spacial score (nSPS) is 22.9.